The lowest BCUT2D eigenvalue weighted by molar-refractivity contribution is -0.146. The van der Waals surface area contributed by atoms with E-state index in [1.165, 1.54) is 23.3 Å². The third-order valence-electron chi connectivity index (χ3n) is 4.28. The van der Waals surface area contributed by atoms with Gasteiger partial charge in [-0.05, 0) is 24.3 Å². The summed E-state index contributed by atoms with van der Waals surface area (Å²) >= 11 is 1.49. The van der Waals surface area contributed by atoms with Crippen LogP contribution in [0.3, 0.4) is 0 Å². The van der Waals surface area contributed by atoms with Crippen molar-refractivity contribution in [3.05, 3.63) is 22.4 Å². The van der Waals surface area contributed by atoms with Crippen molar-refractivity contribution < 1.29 is 19.1 Å². The number of rotatable bonds is 4. The molecule has 22 heavy (non-hydrogen) atoms. The van der Waals surface area contributed by atoms with Gasteiger partial charge in [-0.25, -0.2) is 4.79 Å². The molecule has 0 spiro atoms. The molecule has 2 fully saturated rings. The zero-order valence-corrected chi connectivity index (χ0v) is 13.3. The fraction of sp³-hybridized carbons (Fsp3) is 0.533. The Morgan fingerprint density at radius 3 is 2.82 bits per heavy atom. The predicted molar refractivity (Wildman–Crippen MR) is 80.2 cm³/mol. The minimum atomic E-state index is -0.546. The molecule has 3 amide bonds. The van der Waals surface area contributed by atoms with E-state index >= 15 is 0 Å². The normalized spacial score (nSPS) is 27.5. The van der Waals surface area contributed by atoms with Gasteiger partial charge < -0.3 is 9.64 Å². The average molecular weight is 322 g/mol. The Hall–Kier alpha value is -1.89. The lowest BCUT2D eigenvalue weighted by Crippen LogP contribution is -2.37. The first-order valence-corrected chi connectivity index (χ1v) is 8.23. The molecular formula is C15H18N2O4S. The van der Waals surface area contributed by atoms with Crippen molar-refractivity contribution in [2.45, 2.75) is 31.8 Å². The smallest absolute Gasteiger partial charge is 0.328 e. The molecule has 118 valence electrons. The Morgan fingerprint density at radius 1 is 1.45 bits per heavy atom. The number of fused-ring (bicyclic) bond motifs is 1. The van der Waals surface area contributed by atoms with Crippen LogP contribution in [-0.4, -0.2) is 47.4 Å². The molecule has 0 radical (unpaired) electrons. The van der Waals surface area contributed by atoms with E-state index in [2.05, 4.69) is 0 Å². The van der Waals surface area contributed by atoms with Gasteiger partial charge in [-0.3, -0.25) is 14.5 Å². The second-order valence-corrected chi connectivity index (χ2v) is 6.50. The maximum atomic E-state index is 12.6. The molecule has 1 aromatic heterocycles. The zero-order valence-electron chi connectivity index (χ0n) is 12.5. The van der Waals surface area contributed by atoms with E-state index in [4.69, 9.17) is 4.74 Å². The maximum Gasteiger partial charge on any atom is 0.328 e. The van der Waals surface area contributed by atoms with Crippen LogP contribution in [0.1, 0.15) is 30.7 Å². The molecule has 0 aliphatic carbocycles. The first-order valence-electron chi connectivity index (χ1n) is 7.35. The van der Waals surface area contributed by atoms with Gasteiger partial charge in [0, 0.05) is 11.4 Å². The van der Waals surface area contributed by atoms with E-state index in [1.807, 2.05) is 24.4 Å². The van der Waals surface area contributed by atoms with Crippen LogP contribution in [0.4, 0.5) is 4.79 Å². The van der Waals surface area contributed by atoms with Gasteiger partial charge in [-0.2, -0.15) is 0 Å². The van der Waals surface area contributed by atoms with Crippen LogP contribution in [0.15, 0.2) is 17.5 Å². The first-order chi connectivity index (χ1) is 10.6. The van der Waals surface area contributed by atoms with Gasteiger partial charge in [-0.15, -0.1) is 11.3 Å². The quantitative estimate of drug-likeness (QED) is 0.628. The summed E-state index contributed by atoms with van der Waals surface area (Å²) in [6.07, 6.45) is 1.06. The number of thiophene rings is 1. The van der Waals surface area contributed by atoms with Gasteiger partial charge in [0.05, 0.1) is 19.1 Å². The van der Waals surface area contributed by atoms with Crippen LogP contribution in [0, 0.1) is 5.92 Å². The maximum absolute atomic E-state index is 12.6. The van der Waals surface area contributed by atoms with Crippen molar-refractivity contribution in [2.24, 2.45) is 5.92 Å². The number of urea groups is 1. The molecule has 0 N–H and O–H groups in total. The standard InChI is InChI=1S/C15H18N2O4S/c1-3-6-16-13(18)10-8-9(14(19)21-2)12(17(10)15(16)20)11-5-4-7-22-11/h4-5,7,9-10,12H,3,6,8H2,1-2H3. The van der Waals surface area contributed by atoms with Crippen LogP contribution < -0.4 is 0 Å². The number of ether oxygens (including phenoxy) is 1. The van der Waals surface area contributed by atoms with Gasteiger partial charge in [0.15, 0.2) is 0 Å². The summed E-state index contributed by atoms with van der Waals surface area (Å²) in [5.74, 6) is -1.04. The molecule has 3 rings (SSSR count). The molecule has 7 heteroatoms. The fourth-order valence-corrected chi connectivity index (χ4v) is 4.25. The van der Waals surface area contributed by atoms with Crippen LogP contribution in [0.2, 0.25) is 0 Å². The second kappa shape index (κ2) is 5.72. The monoisotopic (exact) mass is 322 g/mol. The molecule has 1 aromatic rings. The molecule has 0 bridgehead atoms. The molecular weight excluding hydrogens is 304 g/mol. The number of nitrogens with zero attached hydrogens (tertiary/aromatic N) is 2. The van der Waals surface area contributed by atoms with Crippen molar-refractivity contribution >= 4 is 29.2 Å². The van der Waals surface area contributed by atoms with Crippen molar-refractivity contribution in [1.82, 2.24) is 9.80 Å². The topological polar surface area (TPSA) is 66.9 Å². The number of carbonyl (C=O) groups excluding carboxylic acids is 3. The third-order valence-corrected chi connectivity index (χ3v) is 5.23. The van der Waals surface area contributed by atoms with E-state index in [-0.39, 0.29) is 17.9 Å². The number of hydrogen-bond acceptors (Lipinski definition) is 5. The highest BCUT2D eigenvalue weighted by atomic mass is 32.1. The number of hydrogen-bond donors (Lipinski definition) is 0. The van der Waals surface area contributed by atoms with Crippen molar-refractivity contribution in [2.75, 3.05) is 13.7 Å². The Morgan fingerprint density at radius 2 is 2.23 bits per heavy atom. The van der Waals surface area contributed by atoms with Crippen LogP contribution in [0.25, 0.3) is 0 Å². The van der Waals surface area contributed by atoms with E-state index in [1.54, 1.807) is 4.90 Å². The molecule has 0 aromatic carbocycles. The minimum Gasteiger partial charge on any atom is -0.469 e. The van der Waals surface area contributed by atoms with E-state index in [0.717, 1.165) is 11.3 Å². The lowest BCUT2D eigenvalue weighted by atomic mass is 9.97. The van der Waals surface area contributed by atoms with Gasteiger partial charge in [0.2, 0.25) is 0 Å². The Bertz CT molecular complexity index is 601. The number of esters is 1. The minimum absolute atomic E-state index is 0.195. The Kier molecular flexibility index (Phi) is 3.90. The summed E-state index contributed by atoms with van der Waals surface area (Å²) in [7, 11) is 1.34. The molecule has 2 saturated heterocycles. The summed E-state index contributed by atoms with van der Waals surface area (Å²) < 4.78 is 4.88. The van der Waals surface area contributed by atoms with Gasteiger partial charge in [0.1, 0.15) is 6.04 Å². The molecule has 0 saturated carbocycles. The predicted octanol–water partition coefficient (Wildman–Crippen LogP) is 2.02. The fourth-order valence-electron chi connectivity index (χ4n) is 3.36. The van der Waals surface area contributed by atoms with Crippen molar-refractivity contribution in [1.29, 1.82) is 0 Å². The SMILES string of the molecule is CCCN1C(=O)C2CC(C(=O)OC)C(c3cccs3)N2C1=O. The molecule has 2 aliphatic heterocycles. The highest BCUT2D eigenvalue weighted by molar-refractivity contribution is 7.10. The molecule has 3 heterocycles. The van der Waals surface area contributed by atoms with Crippen LogP contribution in [0.5, 0.6) is 0 Å². The lowest BCUT2D eigenvalue weighted by Gasteiger charge is -2.25. The molecule has 2 aliphatic rings. The Balaban J connectivity index is 1.98. The number of imide groups is 1. The van der Waals surface area contributed by atoms with Gasteiger partial charge in [-0.1, -0.05) is 13.0 Å². The first kappa shape index (κ1) is 15.0. The largest absolute Gasteiger partial charge is 0.469 e. The van der Waals surface area contributed by atoms with Gasteiger partial charge >= 0.3 is 12.0 Å². The van der Waals surface area contributed by atoms with E-state index in [0.29, 0.717) is 13.0 Å². The summed E-state index contributed by atoms with van der Waals surface area (Å²) in [5, 5.41) is 1.91. The number of methoxy groups -OCH3 is 1. The summed E-state index contributed by atoms with van der Waals surface area (Å²) in [4.78, 5) is 41.0. The number of carbonyl (C=O) groups is 3. The van der Waals surface area contributed by atoms with Crippen molar-refractivity contribution in [3.63, 3.8) is 0 Å². The summed E-state index contributed by atoms with van der Waals surface area (Å²) in [6, 6.07) is 2.54. The number of amides is 3. The average Bonchev–Trinajstić information content (AvgIpc) is 3.20. The molecule has 6 nitrogen and oxygen atoms in total. The summed E-state index contributed by atoms with van der Waals surface area (Å²) in [6.45, 7) is 2.35. The second-order valence-electron chi connectivity index (χ2n) is 5.52. The molecule has 3 unspecified atom stereocenters. The van der Waals surface area contributed by atoms with Crippen LogP contribution >= 0.6 is 11.3 Å². The van der Waals surface area contributed by atoms with E-state index in [9.17, 15) is 14.4 Å². The van der Waals surface area contributed by atoms with Crippen LogP contribution in [-0.2, 0) is 14.3 Å². The third kappa shape index (κ3) is 2.11. The highest BCUT2D eigenvalue weighted by Crippen LogP contribution is 2.46. The van der Waals surface area contributed by atoms with Gasteiger partial charge in [0.25, 0.3) is 5.91 Å². The van der Waals surface area contributed by atoms with E-state index < -0.39 is 18.0 Å². The highest BCUT2D eigenvalue weighted by Gasteiger charge is 2.57. The zero-order chi connectivity index (χ0) is 15.9. The summed E-state index contributed by atoms with van der Waals surface area (Å²) in [5.41, 5.74) is 0. The van der Waals surface area contributed by atoms with Crippen molar-refractivity contribution in [3.8, 4) is 0 Å². The Labute approximate surface area is 132 Å². The molecule has 3 atom stereocenters.